The van der Waals surface area contributed by atoms with Gasteiger partial charge >= 0.3 is 0 Å². The second-order valence-electron chi connectivity index (χ2n) is 5.62. The maximum absolute atomic E-state index is 12.0. The van der Waals surface area contributed by atoms with Gasteiger partial charge in [0.15, 0.2) is 0 Å². The summed E-state index contributed by atoms with van der Waals surface area (Å²) in [7, 11) is 1.60. The van der Waals surface area contributed by atoms with E-state index in [1.165, 1.54) is 0 Å². The third-order valence-corrected chi connectivity index (χ3v) is 4.71. The van der Waals surface area contributed by atoms with Crippen LogP contribution >= 0.6 is 11.8 Å². The van der Waals surface area contributed by atoms with Crippen molar-refractivity contribution in [3.05, 3.63) is 0 Å². The number of likely N-dealkylation sites (N-methyl/N-ethyl adjacent to an activating group) is 1. The lowest BCUT2D eigenvalue weighted by atomic mass is 10.0. The molecule has 1 unspecified atom stereocenters. The fourth-order valence-electron chi connectivity index (χ4n) is 2.27. The number of amides is 2. The van der Waals surface area contributed by atoms with E-state index in [-0.39, 0.29) is 11.8 Å². The predicted molar refractivity (Wildman–Crippen MR) is 83.8 cm³/mol. The number of hydrogen-bond acceptors (Lipinski definition) is 4. The molecule has 1 atom stereocenters. The topological polar surface area (TPSA) is 70.2 Å². The van der Waals surface area contributed by atoms with Crippen LogP contribution in [0.5, 0.6) is 0 Å². The molecule has 20 heavy (non-hydrogen) atoms. The highest BCUT2D eigenvalue weighted by Crippen LogP contribution is 2.19. The lowest BCUT2D eigenvalue weighted by Crippen LogP contribution is -2.47. The van der Waals surface area contributed by atoms with Gasteiger partial charge in [0.2, 0.25) is 11.8 Å². The predicted octanol–water partition coefficient (Wildman–Crippen LogP) is 0.749. The fraction of sp³-hybridized carbons (Fsp3) is 0.857. The van der Waals surface area contributed by atoms with Crippen LogP contribution in [0.1, 0.15) is 33.1 Å². The van der Waals surface area contributed by atoms with E-state index in [1.807, 2.05) is 13.8 Å². The van der Waals surface area contributed by atoms with E-state index in [0.29, 0.717) is 23.3 Å². The Morgan fingerprint density at radius 3 is 2.50 bits per heavy atom. The molecule has 116 valence electrons. The lowest BCUT2D eigenvalue weighted by Gasteiger charge is -2.23. The molecule has 2 amide bonds. The Bertz CT molecular complexity index is 318. The quantitative estimate of drug-likeness (QED) is 0.649. The van der Waals surface area contributed by atoms with Crippen molar-refractivity contribution in [1.82, 2.24) is 16.0 Å². The van der Waals surface area contributed by atoms with Crippen LogP contribution in [0, 0.1) is 5.92 Å². The van der Waals surface area contributed by atoms with Gasteiger partial charge < -0.3 is 16.0 Å². The minimum atomic E-state index is -0.416. The summed E-state index contributed by atoms with van der Waals surface area (Å²) in [6, 6.07) is -0.416. The highest BCUT2D eigenvalue weighted by Gasteiger charge is 2.21. The molecule has 0 bridgehead atoms. The number of hydrogen-bond donors (Lipinski definition) is 3. The van der Waals surface area contributed by atoms with Crippen molar-refractivity contribution >= 4 is 23.6 Å². The molecule has 1 fully saturated rings. The van der Waals surface area contributed by atoms with E-state index in [4.69, 9.17) is 0 Å². The van der Waals surface area contributed by atoms with Gasteiger partial charge in [-0.1, -0.05) is 13.8 Å². The molecule has 6 heteroatoms. The van der Waals surface area contributed by atoms with E-state index in [9.17, 15) is 9.59 Å². The Labute approximate surface area is 126 Å². The second-order valence-corrected chi connectivity index (χ2v) is 6.91. The van der Waals surface area contributed by atoms with Gasteiger partial charge in [0.1, 0.15) is 6.04 Å². The molecule has 1 aliphatic heterocycles. The Kier molecular flexibility index (Phi) is 7.99. The summed E-state index contributed by atoms with van der Waals surface area (Å²) in [5, 5.41) is 9.34. The number of thioether (sulfide) groups is 1. The molecule has 1 heterocycles. The van der Waals surface area contributed by atoms with E-state index >= 15 is 0 Å². The average Bonchev–Trinajstić information content (AvgIpc) is 2.44. The Morgan fingerprint density at radius 2 is 1.95 bits per heavy atom. The molecule has 1 saturated heterocycles. The minimum Gasteiger partial charge on any atom is -0.357 e. The molecule has 0 spiro atoms. The van der Waals surface area contributed by atoms with Crippen molar-refractivity contribution < 1.29 is 9.59 Å². The third kappa shape index (κ3) is 6.61. The molecule has 3 N–H and O–H groups in total. The normalized spacial score (nSPS) is 17.8. The SMILES string of the molecule is CNC(=O)C(CC(C)C)NC(=O)CSC1CCNCC1. The van der Waals surface area contributed by atoms with Crippen molar-refractivity contribution in [2.75, 3.05) is 25.9 Å². The zero-order chi connectivity index (χ0) is 15.0. The largest absolute Gasteiger partial charge is 0.357 e. The van der Waals surface area contributed by atoms with Gasteiger partial charge in [-0.2, -0.15) is 0 Å². The first-order chi connectivity index (χ1) is 9.52. The average molecular weight is 301 g/mol. The summed E-state index contributed by atoms with van der Waals surface area (Å²) in [4.78, 5) is 23.7. The van der Waals surface area contributed by atoms with Gasteiger partial charge in [0, 0.05) is 12.3 Å². The van der Waals surface area contributed by atoms with Gasteiger partial charge in [0.05, 0.1) is 5.75 Å². The Hall–Kier alpha value is -0.750. The van der Waals surface area contributed by atoms with Gasteiger partial charge in [-0.15, -0.1) is 11.8 Å². The first-order valence-electron chi connectivity index (χ1n) is 7.36. The van der Waals surface area contributed by atoms with E-state index in [1.54, 1.807) is 18.8 Å². The summed E-state index contributed by atoms with van der Waals surface area (Å²) in [6.07, 6.45) is 2.90. The number of rotatable bonds is 7. The van der Waals surface area contributed by atoms with Gasteiger partial charge in [0.25, 0.3) is 0 Å². The molecule has 0 aliphatic carbocycles. The van der Waals surface area contributed by atoms with Crippen LogP contribution in [0.2, 0.25) is 0 Å². The van der Waals surface area contributed by atoms with Gasteiger partial charge in [-0.05, 0) is 38.3 Å². The van der Waals surface area contributed by atoms with Crippen LogP contribution in [0.15, 0.2) is 0 Å². The van der Waals surface area contributed by atoms with E-state index in [0.717, 1.165) is 25.9 Å². The van der Waals surface area contributed by atoms with Crippen LogP contribution in [-0.2, 0) is 9.59 Å². The van der Waals surface area contributed by atoms with Crippen LogP contribution in [0.3, 0.4) is 0 Å². The number of carbonyl (C=O) groups is 2. The smallest absolute Gasteiger partial charge is 0.242 e. The van der Waals surface area contributed by atoms with Gasteiger partial charge in [-0.3, -0.25) is 9.59 Å². The zero-order valence-electron chi connectivity index (χ0n) is 12.7. The zero-order valence-corrected chi connectivity index (χ0v) is 13.5. The first-order valence-corrected chi connectivity index (χ1v) is 8.41. The summed E-state index contributed by atoms with van der Waals surface area (Å²) in [5.41, 5.74) is 0. The van der Waals surface area contributed by atoms with Crippen molar-refractivity contribution in [3.8, 4) is 0 Å². The summed E-state index contributed by atoms with van der Waals surface area (Å²) < 4.78 is 0. The number of piperidine rings is 1. The minimum absolute atomic E-state index is 0.0391. The summed E-state index contributed by atoms with van der Waals surface area (Å²) in [6.45, 7) is 6.17. The Balaban J connectivity index is 2.34. The summed E-state index contributed by atoms with van der Waals surface area (Å²) >= 11 is 1.70. The van der Waals surface area contributed by atoms with Crippen LogP contribution in [-0.4, -0.2) is 49.0 Å². The Morgan fingerprint density at radius 1 is 1.30 bits per heavy atom. The molecule has 0 aromatic carbocycles. The molecular formula is C14H27N3O2S. The van der Waals surface area contributed by atoms with Crippen LogP contribution in [0.4, 0.5) is 0 Å². The van der Waals surface area contributed by atoms with Crippen LogP contribution in [0.25, 0.3) is 0 Å². The molecule has 0 radical (unpaired) electrons. The van der Waals surface area contributed by atoms with E-state index < -0.39 is 6.04 Å². The second kappa shape index (κ2) is 9.23. The number of carbonyl (C=O) groups excluding carboxylic acids is 2. The molecule has 1 rings (SSSR count). The highest BCUT2D eigenvalue weighted by atomic mass is 32.2. The molecule has 0 aromatic heterocycles. The molecule has 0 saturated carbocycles. The first kappa shape index (κ1) is 17.3. The van der Waals surface area contributed by atoms with Crippen LogP contribution < -0.4 is 16.0 Å². The van der Waals surface area contributed by atoms with Gasteiger partial charge in [-0.25, -0.2) is 0 Å². The maximum atomic E-state index is 12.0. The monoisotopic (exact) mass is 301 g/mol. The standard InChI is InChI=1S/C14H27N3O2S/c1-10(2)8-12(14(19)15-3)17-13(18)9-20-11-4-6-16-7-5-11/h10-12,16H,4-9H2,1-3H3,(H,15,19)(H,17,18). The third-order valence-electron chi connectivity index (χ3n) is 3.34. The van der Waals surface area contributed by atoms with Crippen molar-refractivity contribution in [2.45, 2.75) is 44.4 Å². The molecular weight excluding hydrogens is 274 g/mol. The van der Waals surface area contributed by atoms with Crippen molar-refractivity contribution in [1.29, 1.82) is 0 Å². The number of nitrogens with one attached hydrogen (secondary N) is 3. The van der Waals surface area contributed by atoms with Crippen molar-refractivity contribution in [3.63, 3.8) is 0 Å². The summed E-state index contributed by atoms with van der Waals surface area (Å²) in [5.74, 6) is 0.660. The fourth-order valence-corrected chi connectivity index (χ4v) is 3.31. The highest BCUT2D eigenvalue weighted by molar-refractivity contribution is 8.00. The molecule has 5 nitrogen and oxygen atoms in total. The van der Waals surface area contributed by atoms with Crippen molar-refractivity contribution in [2.24, 2.45) is 5.92 Å². The lowest BCUT2D eigenvalue weighted by molar-refractivity contribution is -0.127. The molecule has 0 aromatic rings. The maximum Gasteiger partial charge on any atom is 0.242 e. The molecule has 1 aliphatic rings. The van der Waals surface area contributed by atoms with E-state index in [2.05, 4.69) is 16.0 Å².